The Bertz CT molecular complexity index is 161. The van der Waals surface area contributed by atoms with Crippen LogP contribution in [0, 0.1) is 5.92 Å². The van der Waals surface area contributed by atoms with Crippen LogP contribution in [0.4, 0.5) is 0 Å². The first-order valence-corrected chi connectivity index (χ1v) is 5.85. The van der Waals surface area contributed by atoms with E-state index in [4.69, 9.17) is 15.6 Å². The lowest BCUT2D eigenvalue weighted by molar-refractivity contribution is 0.0552. The molecule has 1 aliphatic heterocycles. The summed E-state index contributed by atoms with van der Waals surface area (Å²) in [6, 6.07) is -0.0675. The number of nitrogens with zero attached hydrogens (tertiary/aromatic N) is 1. The number of hydrogen-bond donors (Lipinski definition) is 2. The summed E-state index contributed by atoms with van der Waals surface area (Å²) in [6.45, 7) is 4.01. The maximum Gasteiger partial charge on any atom is 0.0583 e. The Hall–Kier alpha value is -0.160. The first-order chi connectivity index (χ1) is 7.22. The summed E-state index contributed by atoms with van der Waals surface area (Å²) in [6.07, 6.45) is 3.23. The molecule has 0 aliphatic carbocycles. The lowest BCUT2D eigenvalue weighted by Crippen LogP contribution is -2.34. The molecule has 0 bridgehead atoms. The van der Waals surface area contributed by atoms with Crippen LogP contribution in [0.5, 0.6) is 0 Å². The van der Waals surface area contributed by atoms with Crippen molar-refractivity contribution in [3.63, 3.8) is 0 Å². The van der Waals surface area contributed by atoms with Gasteiger partial charge in [0.25, 0.3) is 0 Å². The Morgan fingerprint density at radius 1 is 1.47 bits per heavy atom. The molecule has 0 spiro atoms. The summed E-state index contributed by atoms with van der Waals surface area (Å²) in [4.78, 5) is 2.31. The normalized spacial score (nSPS) is 20.8. The zero-order valence-electron chi connectivity index (χ0n) is 9.69. The molecular formula is C11H24N2O2. The lowest BCUT2D eigenvalue weighted by atomic mass is 10.00. The molecule has 1 saturated heterocycles. The molecular weight excluding hydrogens is 192 g/mol. The Kier molecular flexibility index (Phi) is 6.17. The van der Waals surface area contributed by atoms with Crippen molar-refractivity contribution in [2.45, 2.75) is 25.3 Å². The number of nitrogens with two attached hydrogens (primary N) is 1. The maximum absolute atomic E-state index is 8.81. The zero-order chi connectivity index (χ0) is 11.1. The van der Waals surface area contributed by atoms with Gasteiger partial charge in [-0.05, 0) is 38.8 Å². The van der Waals surface area contributed by atoms with Gasteiger partial charge in [0.1, 0.15) is 0 Å². The van der Waals surface area contributed by atoms with Crippen LogP contribution in [0.1, 0.15) is 19.3 Å². The third-order valence-electron chi connectivity index (χ3n) is 3.03. The summed E-state index contributed by atoms with van der Waals surface area (Å²) in [7, 11) is 2.12. The summed E-state index contributed by atoms with van der Waals surface area (Å²) in [5.41, 5.74) is 5.66. The number of rotatable bonds is 6. The molecule has 3 N–H and O–H groups in total. The number of aliphatic hydroxyl groups is 1. The predicted octanol–water partition coefficient (Wildman–Crippen LogP) is 0.0545. The molecule has 1 unspecified atom stereocenters. The number of ether oxygens (including phenoxy) is 1. The van der Waals surface area contributed by atoms with Gasteiger partial charge in [-0.2, -0.15) is 0 Å². The Morgan fingerprint density at radius 3 is 2.73 bits per heavy atom. The first kappa shape index (κ1) is 12.9. The van der Waals surface area contributed by atoms with Crippen molar-refractivity contribution < 1.29 is 9.84 Å². The van der Waals surface area contributed by atoms with Crippen LogP contribution >= 0.6 is 0 Å². The molecule has 4 heteroatoms. The molecule has 1 aliphatic rings. The van der Waals surface area contributed by atoms with Gasteiger partial charge in [0, 0.05) is 25.8 Å². The van der Waals surface area contributed by atoms with Gasteiger partial charge in [0.15, 0.2) is 0 Å². The molecule has 15 heavy (non-hydrogen) atoms. The van der Waals surface area contributed by atoms with Crippen LogP contribution in [0.3, 0.4) is 0 Å². The van der Waals surface area contributed by atoms with Gasteiger partial charge >= 0.3 is 0 Å². The second-order valence-electron chi connectivity index (χ2n) is 4.55. The van der Waals surface area contributed by atoms with Crippen molar-refractivity contribution in [1.82, 2.24) is 4.90 Å². The fraction of sp³-hybridized carbons (Fsp3) is 1.00. The average molecular weight is 216 g/mol. The smallest absolute Gasteiger partial charge is 0.0583 e. The molecule has 0 aromatic heterocycles. The van der Waals surface area contributed by atoms with Gasteiger partial charge in [-0.1, -0.05) is 0 Å². The molecule has 0 amide bonds. The largest absolute Gasteiger partial charge is 0.395 e. The van der Waals surface area contributed by atoms with Gasteiger partial charge in [-0.15, -0.1) is 0 Å². The monoisotopic (exact) mass is 216 g/mol. The minimum Gasteiger partial charge on any atom is -0.395 e. The highest BCUT2D eigenvalue weighted by Crippen LogP contribution is 2.15. The molecule has 0 radical (unpaired) electrons. The molecule has 1 atom stereocenters. The summed E-state index contributed by atoms with van der Waals surface area (Å²) >= 11 is 0. The van der Waals surface area contributed by atoms with Crippen LogP contribution < -0.4 is 5.73 Å². The highest BCUT2D eigenvalue weighted by molar-refractivity contribution is 4.69. The maximum atomic E-state index is 8.81. The molecule has 1 fully saturated rings. The van der Waals surface area contributed by atoms with E-state index in [0.717, 1.165) is 38.6 Å². The molecule has 0 saturated carbocycles. The van der Waals surface area contributed by atoms with E-state index < -0.39 is 0 Å². The summed E-state index contributed by atoms with van der Waals surface area (Å²) in [5, 5.41) is 8.81. The van der Waals surface area contributed by atoms with E-state index in [0.29, 0.717) is 0 Å². The first-order valence-electron chi connectivity index (χ1n) is 5.85. The SMILES string of the molecule is CN(CCC(N)CO)CC1CCOCC1. The zero-order valence-corrected chi connectivity index (χ0v) is 9.69. The number of hydrogen-bond acceptors (Lipinski definition) is 4. The van der Waals surface area contributed by atoms with Crippen LogP contribution in [0.15, 0.2) is 0 Å². The highest BCUT2D eigenvalue weighted by Gasteiger charge is 2.15. The van der Waals surface area contributed by atoms with E-state index in [9.17, 15) is 0 Å². The molecule has 0 aromatic carbocycles. The standard InChI is InChI=1S/C11H24N2O2/c1-13(5-2-11(12)9-14)8-10-3-6-15-7-4-10/h10-11,14H,2-9,12H2,1H3. The van der Waals surface area contributed by atoms with Crippen molar-refractivity contribution in [1.29, 1.82) is 0 Å². The lowest BCUT2D eigenvalue weighted by Gasteiger charge is -2.27. The van der Waals surface area contributed by atoms with Crippen LogP contribution in [0.25, 0.3) is 0 Å². The molecule has 1 heterocycles. The van der Waals surface area contributed by atoms with Gasteiger partial charge < -0.3 is 20.5 Å². The van der Waals surface area contributed by atoms with E-state index in [1.165, 1.54) is 12.8 Å². The molecule has 4 nitrogen and oxygen atoms in total. The summed E-state index contributed by atoms with van der Waals surface area (Å²) in [5.74, 6) is 0.772. The molecule has 90 valence electrons. The Balaban J connectivity index is 2.08. The second-order valence-corrected chi connectivity index (χ2v) is 4.55. The predicted molar refractivity (Wildman–Crippen MR) is 60.7 cm³/mol. The van der Waals surface area contributed by atoms with Crippen LogP contribution in [-0.4, -0.2) is 56.0 Å². The van der Waals surface area contributed by atoms with Gasteiger partial charge in [-0.25, -0.2) is 0 Å². The third-order valence-corrected chi connectivity index (χ3v) is 3.03. The van der Waals surface area contributed by atoms with E-state index in [2.05, 4.69) is 11.9 Å². The van der Waals surface area contributed by atoms with E-state index >= 15 is 0 Å². The van der Waals surface area contributed by atoms with E-state index in [-0.39, 0.29) is 12.6 Å². The van der Waals surface area contributed by atoms with Gasteiger partial charge in [0.05, 0.1) is 6.61 Å². The average Bonchev–Trinajstić information content (AvgIpc) is 2.27. The van der Waals surface area contributed by atoms with E-state index in [1.807, 2.05) is 0 Å². The highest BCUT2D eigenvalue weighted by atomic mass is 16.5. The summed E-state index contributed by atoms with van der Waals surface area (Å²) < 4.78 is 5.33. The molecule has 0 aromatic rings. The Labute approximate surface area is 92.4 Å². The van der Waals surface area contributed by atoms with Crippen LogP contribution in [0.2, 0.25) is 0 Å². The topological polar surface area (TPSA) is 58.7 Å². The van der Waals surface area contributed by atoms with Crippen molar-refractivity contribution in [3.8, 4) is 0 Å². The number of aliphatic hydroxyl groups excluding tert-OH is 1. The van der Waals surface area contributed by atoms with Crippen molar-refractivity contribution in [2.75, 3.05) is 40.0 Å². The van der Waals surface area contributed by atoms with Crippen molar-refractivity contribution in [3.05, 3.63) is 0 Å². The molecule has 1 rings (SSSR count). The fourth-order valence-corrected chi connectivity index (χ4v) is 1.94. The van der Waals surface area contributed by atoms with Gasteiger partial charge in [0.2, 0.25) is 0 Å². The van der Waals surface area contributed by atoms with Crippen molar-refractivity contribution >= 4 is 0 Å². The third kappa shape index (κ3) is 5.47. The second kappa shape index (κ2) is 7.17. The minimum absolute atomic E-state index is 0.0675. The minimum atomic E-state index is -0.0675. The van der Waals surface area contributed by atoms with E-state index in [1.54, 1.807) is 0 Å². The Morgan fingerprint density at radius 2 is 2.13 bits per heavy atom. The van der Waals surface area contributed by atoms with Crippen molar-refractivity contribution in [2.24, 2.45) is 11.7 Å². The quantitative estimate of drug-likeness (QED) is 0.659. The van der Waals surface area contributed by atoms with Crippen LogP contribution in [-0.2, 0) is 4.74 Å². The fourth-order valence-electron chi connectivity index (χ4n) is 1.94. The van der Waals surface area contributed by atoms with Gasteiger partial charge in [-0.3, -0.25) is 0 Å².